The molecule has 0 spiro atoms. The number of fused-ring (bicyclic) bond motifs is 5. The smallest absolute Gasteiger partial charge is 0.328 e. The van der Waals surface area contributed by atoms with Crippen LogP contribution in [-0.2, 0) is 23.9 Å². The second-order valence-electron chi connectivity index (χ2n) is 7.55. The highest BCUT2D eigenvalue weighted by Gasteiger charge is 2.62. The van der Waals surface area contributed by atoms with Gasteiger partial charge in [-0.15, -0.1) is 0 Å². The maximum absolute atomic E-state index is 12.4. The van der Waals surface area contributed by atoms with Crippen LogP contribution in [0.15, 0.2) is 42.5 Å². The van der Waals surface area contributed by atoms with Gasteiger partial charge in [-0.25, -0.2) is 9.59 Å². The Bertz CT molecular complexity index is 776. The van der Waals surface area contributed by atoms with Crippen LogP contribution in [0.5, 0.6) is 0 Å². The van der Waals surface area contributed by atoms with Crippen LogP contribution in [0, 0.1) is 0 Å². The van der Waals surface area contributed by atoms with Crippen molar-refractivity contribution in [3.8, 4) is 0 Å². The number of ether oxygens (including phenoxy) is 2. The normalized spacial score (nSPS) is 30.0. The van der Waals surface area contributed by atoms with Crippen molar-refractivity contribution in [2.45, 2.75) is 49.2 Å². The number of carboxylic acids is 2. The van der Waals surface area contributed by atoms with Crippen molar-refractivity contribution in [1.29, 1.82) is 0 Å². The predicted molar refractivity (Wildman–Crippen MR) is 104 cm³/mol. The highest BCUT2D eigenvalue weighted by Crippen LogP contribution is 2.48. The van der Waals surface area contributed by atoms with E-state index in [4.69, 9.17) is 19.7 Å². The topological polar surface area (TPSA) is 137 Å². The van der Waals surface area contributed by atoms with Crippen LogP contribution in [0.4, 0.5) is 0 Å². The summed E-state index contributed by atoms with van der Waals surface area (Å²) in [5, 5.41) is 25.2. The summed E-state index contributed by atoms with van der Waals surface area (Å²) in [5.41, 5.74) is 0.803. The third-order valence-corrected chi connectivity index (χ3v) is 5.70. The maximum Gasteiger partial charge on any atom is 0.328 e. The Hall–Kier alpha value is -2.75. The van der Waals surface area contributed by atoms with Gasteiger partial charge in [0.15, 0.2) is 0 Å². The number of carbonyl (C=O) groups excluding carboxylic acids is 1. The highest BCUT2D eigenvalue weighted by molar-refractivity contribution is 5.89. The maximum atomic E-state index is 12.4. The fourth-order valence-electron chi connectivity index (χ4n) is 4.19. The Morgan fingerprint density at radius 2 is 1.63 bits per heavy atom. The van der Waals surface area contributed by atoms with E-state index in [1.165, 1.54) is 0 Å². The fourth-order valence-corrected chi connectivity index (χ4v) is 4.19. The van der Waals surface area contributed by atoms with Gasteiger partial charge in [0.25, 0.3) is 0 Å². The van der Waals surface area contributed by atoms with Crippen LogP contribution in [0.25, 0.3) is 0 Å². The number of aliphatic hydroxyl groups excluding tert-OH is 1. The molecule has 9 nitrogen and oxygen atoms in total. The first kappa shape index (κ1) is 21.9. The molecule has 30 heavy (non-hydrogen) atoms. The average Bonchev–Trinajstić information content (AvgIpc) is 3.47. The van der Waals surface area contributed by atoms with Crippen molar-refractivity contribution in [2.75, 3.05) is 13.7 Å². The van der Waals surface area contributed by atoms with Crippen LogP contribution < -0.4 is 0 Å². The summed E-state index contributed by atoms with van der Waals surface area (Å²) in [7, 11) is 2.13. The molecule has 9 heteroatoms. The molecule has 4 rings (SSSR count). The summed E-state index contributed by atoms with van der Waals surface area (Å²) in [6, 6.07) is 10.1. The van der Waals surface area contributed by atoms with Crippen LogP contribution >= 0.6 is 0 Å². The molecule has 1 unspecified atom stereocenters. The van der Waals surface area contributed by atoms with Gasteiger partial charge in [-0.2, -0.15) is 0 Å². The lowest BCUT2D eigenvalue weighted by atomic mass is 9.97. The van der Waals surface area contributed by atoms with E-state index < -0.39 is 17.9 Å². The second kappa shape index (κ2) is 9.38. The van der Waals surface area contributed by atoms with E-state index in [2.05, 4.69) is 11.9 Å². The lowest BCUT2D eigenvalue weighted by Gasteiger charge is -2.38. The molecule has 162 valence electrons. The lowest BCUT2D eigenvalue weighted by molar-refractivity contribution is -0.156. The number of likely N-dealkylation sites (N-methyl/N-ethyl adjacent to an activating group) is 1. The largest absolute Gasteiger partial charge is 0.478 e. The molecule has 0 aromatic heterocycles. The van der Waals surface area contributed by atoms with E-state index in [9.17, 15) is 19.5 Å². The average molecular weight is 419 g/mol. The van der Waals surface area contributed by atoms with E-state index in [0.717, 1.165) is 18.4 Å². The number of hydrogen-bond acceptors (Lipinski definition) is 7. The molecule has 0 amide bonds. The predicted octanol–water partition coefficient (Wildman–Crippen LogP) is 0.630. The Morgan fingerprint density at radius 1 is 1.10 bits per heavy atom. The van der Waals surface area contributed by atoms with Gasteiger partial charge in [0.05, 0.1) is 6.61 Å². The number of carboxylic acid groups (broad SMARTS) is 2. The van der Waals surface area contributed by atoms with E-state index >= 15 is 0 Å². The second-order valence-corrected chi connectivity index (χ2v) is 7.55. The Kier molecular flexibility index (Phi) is 6.86. The van der Waals surface area contributed by atoms with Crippen LogP contribution in [0.2, 0.25) is 0 Å². The first-order chi connectivity index (χ1) is 14.3. The SMILES string of the molecule is CN1[C@@H]2CC(OC(=O)[C@H](CO)c3ccccc3)C[C@H]1[C@@H]1O[C@@H]12.O=C(O)/C=C\C(=O)O. The molecular formula is C21H25NO8. The van der Waals surface area contributed by atoms with E-state index in [0.29, 0.717) is 36.4 Å². The number of benzene rings is 1. The molecule has 3 heterocycles. The summed E-state index contributed by atoms with van der Waals surface area (Å²) in [4.78, 5) is 33.9. The molecule has 6 atom stereocenters. The molecule has 3 N–H and O–H groups in total. The monoisotopic (exact) mass is 419 g/mol. The van der Waals surface area contributed by atoms with Crippen LogP contribution in [0.1, 0.15) is 24.3 Å². The van der Waals surface area contributed by atoms with Gasteiger partial charge in [0.2, 0.25) is 0 Å². The third kappa shape index (κ3) is 5.05. The van der Waals surface area contributed by atoms with Gasteiger partial charge >= 0.3 is 17.9 Å². The molecule has 0 radical (unpaired) electrons. The molecule has 0 aliphatic carbocycles. The van der Waals surface area contributed by atoms with E-state index in [-0.39, 0.29) is 18.7 Å². The van der Waals surface area contributed by atoms with Gasteiger partial charge in [0, 0.05) is 37.1 Å². The number of nitrogens with zero attached hydrogens (tertiary/aromatic N) is 1. The van der Waals surface area contributed by atoms with Crippen molar-refractivity contribution < 1.29 is 39.2 Å². The Labute approximate surface area is 173 Å². The van der Waals surface area contributed by atoms with Crippen molar-refractivity contribution in [1.82, 2.24) is 4.90 Å². The minimum Gasteiger partial charge on any atom is -0.478 e. The number of esters is 1. The number of epoxide rings is 1. The molecule has 3 aliphatic heterocycles. The molecule has 1 aromatic carbocycles. The molecule has 3 aliphatic rings. The number of piperidine rings is 1. The summed E-state index contributed by atoms with van der Waals surface area (Å²) >= 11 is 0. The van der Waals surface area contributed by atoms with E-state index in [1.54, 1.807) is 0 Å². The number of hydrogen-bond donors (Lipinski definition) is 3. The quantitative estimate of drug-likeness (QED) is 0.344. The lowest BCUT2D eigenvalue weighted by Crippen LogP contribution is -2.48. The van der Waals surface area contributed by atoms with Crippen LogP contribution in [-0.4, -0.2) is 82.2 Å². The number of carbonyl (C=O) groups is 3. The number of aliphatic hydroxyl groups is 1. The molecule has 2 bridgehead atoms. The zero-order chi connectivity index (χ0) is 21.8. The van der Waals surface area contributed by atoms with Crippen molar-refractivity contribution >= 4 is 17.9 Å². The minimum absolute atomic E-state index is 0.0622. The summed E-state index contributed by atoms with van der Waals surface area (Å²) in [6.45, 7) is -0.226. The van der Waals surface area contributed by atoms with Gasteiger partial charge in [0.1, 0.15) is 24.2 Å². The van der Waals surface area contributed by atoms with Crippen LogP contribution in [0.3, 0.4) is 0 Å². The summed E-state index contributed by atoms with van der Waals surface area (Å²) < 4.78 is 11.4. The zero-order valence-electron chi connectivity index (χ0n) is 16.5. The highest BCUT2D eigenvalue weighted by atomic mass is 16.6. The number of morpholine rings is 1. The minimum atomic E-state index is -1.26. The van der Waals surface area contributed by atoms with Crippen molar-refractivity contribution in [3.05, 3.63) is 48.0 Å². The molecule has 1 aromatic rings. The van der Waals surface area contributed by atoms with E-state index in [1.807, 2.05) is 30.3 Å². The first-order valence-electron chi connectivity index (χ1n) is 9.69. The molecule has 3 fully saturated rings. The summed E-state index contributed by atoms with van der Waals surface area (Å²) in [6.07, 6.45) is 3.38. The number of rotatable bonds is 6. The van der Waals surface area contributed by atoms with Gasteiger partial charge in [-0.05, 0) is 12.6 Å². The van der Waals surface area contributed by atoms with Crippen molar-refractivity contribution in [3.63, 3.8) is 0 Å². The third-order valence-electron chi connectivity index (χ3n) is 5.70. The Morgan fingerprint density at radius 3 is 2.10 bits per heavy atom. The first-order valence-corrected chi connectivity index (χ1v) is 9.69. The number of aliphatic carboxylic acids is 2. The zero-order valence-corrected chi connectivity index (χ0v) is 16.5. The van der Waals surface area contributed by atoms with Gasteiger partial charge in [-0.1, -0.05) is 30.3 Å². The fraction of sp³-hybridized carbons (Fsp3) is 0.476. The summed E-state index contributed by atoms with van der Waals surface area (Å²) in [5.74, 6) is -3.43. The Balaban J connectivity index is 0.000000275. The van der Waals surface area contributed by atoms with Gasteiger partial charge in [-0.3, -0.25) is 9.69 Å². The molecule has 0 saturated carbocycles. The molecule has 3 saturated heterocycles. The van der Waals surface area contributed by atoms with Crippen molar-refractivity contribution in [2.24, 2.45) is 0 Å². The standard InChI is InChI=1S/C17H21NO4.C4H4O4/c1-18-13-7-11(8-14(18)16-15(13)22-16)21-17(20)12(9-19)10-5-3-2-4-6-10;5-3(6)1-2-4(7)8/h2-6,11-16,19H,7-9H2,1H3;1-2H,(H,5,6)(H,7,8)/b;2-1-/t11?,12-,13-,14+,15-,16+;/m1./s1. The molecular weight excluding hydrogens is 394 g/mol. The van der Waals surface area contributed by atoms with Gasteiger partial charge < -0.3 is 24.8 Å².